The van der Waals surface area contributed by atoms with Crippen molar-refractivity contribution in [3.63, 3.8) is 0 Å². The number of hydrogen-bond acceptors (Lipinski definition) is 6. The largest absolute Gasteiger partial charge is 0.487 e. The van der Waals surface area contributed by atoms with Crippen LogP contribution in [0.3, 0.4) is 0 Å². The molecule has 0 spiro atoms. The third-order valence-electron chi connectivity index (χ3n) is 3.55. The van der Waals surface area contributed by atoms with Crippen LogP contribution in [0.15, 0.2) is 18.2 Å². The lowest BCUT2D eigenvalue weighted by Gasteiger charge is -2.41. The average Bonchev–Trinajstić information content (AvgIpc) is 2.44. The zero-order valence-corrected chi connectivity index (χ0v) is 12.0. The van der Waals surface area contributed by atoms with E-state index in [4.69, 9.17) is 14.2 Å². The molecule has 1 saturated carbocycles. The summed E-state index contributed by atoms with van der Waals surface area (Å²) in [7, 11) is 1.57. The first-order valence-corrected chi connectivity index (χ1v) is 6.74. The molecule has 1 aromatic rings. The van der Waals surface area contributed by atoms with Crippen LogP contribution in [0.1, 0.15) is 12.0 Å². The van der Waals surface area contributed by atoms with Crippen molar-refractivity contribution in [2.24, 2.45) is 0 Å². The number of ether oxygens (including phenoxy) is 3. The molecule has 1 aromatic carbocycles. The van der Waals surface area contributed by atoms with E-state index in [0.29, 0.717) is 30.9 Å². The van der Waals surface area contributed by atoms with Gasteiger partial charge in [-0.1, -0.05) is 6.07 Å². The molecule has 0 saturated heterocycles. The molecule has 0 bridgehead atoms. The van der Waals surface area contributed by atoms with Crippen molar-refractivity contribution >= 4 is 5.69 Å². The van der Waals surface area contributed by atoms with E-state index in [1.165, 1.54) is 6.07 Å². The number of hydrogen-bond donors (Lipinski definition) is 1. The average molecular weight is 297 g/mol. The van der Waals surface area contributed by atoms with E-state index in [2.05, 4.69) is 0 Å². The van der Waals surface area contributed by atoms with Gasteiger partial charge in [-0.2, -0.15) is 0 Å². The maximum Gasteiger partial charge on any atom is 0.276 e. The molecular weight excluding hydrogens is 278 g/mol. The number of aliphatic hydroxyl groups is 1. The molecule has 116 valence electrons. The minimum absolute atomic E-state index is 0.0178. The molecule has 1 aliphatic rings. The first-order chi connectivity index (χ1) is 10.0. The van der Waals surface area contributed by atoms with Gasteiger partial charge in [0.15, 0.2) is 0 Å². The molecule has 0 heterocycles. The number of methoxy groups -OCH3 is 1. The van der Waals surface area contributed by atoms with E-state index in [9.17, 15) is 15.2 Å². The zero-order valence-electron chi connectivity index (χ0n) is 12.0. The molecule has 21 heavy (non-hydrogen) atoms. The van der Waals surface area contributed by atoms with E-state index in [-0.39, 0.29) is 11.8 Å². The Bertz CT molecular complexity index is 506. The van der Waals surface area contributed by atoms with Gasteiger partial charge < -0.3 is 19.3 Å². The standard InChI is InChI=1S/C14H19NO6/c1-9-10(15(17)18)4-3-5-12(9)21-13-8-11(16)14(13)20-7-6-19-2/h3-5,11,13-14,16H,6-8H2,1-2H3. The molecule has 0 aliphatic heterocycles. The summed E-state index contributed by atoms with van der Waals surface area (Å²) in [6.07, 6.45) is -0.873. The second kappa shape index (κ2) is 6.84. The minimum Gasteiger partial charge on any atom is -0.487 e. The highest BCUT2D eigenvalue weighted by molar-refractivity contribution is 5.48. The predicted molar refractivity (Wildman–Crippen MR) is 74.5 cm³/mol. The number of nitro groups is 1. The van der Waals surface area contributed by atoms with Crippen molar-refractivity contribution in [2.45, 2.75) is 31.7 Å². The lowest BCUT2D eigenvalue weighted by Crippen LogP contribution is -2.55. The Morgan fingerprint density at radius 3 is 2.81 bits per heavy atom. The number of aliphatic hydroxyl groups excluding tert-OH is 1. The highest BCUT2D eigenvalue weighted by atomic mass is 16.6. The van der Waals surface area contributed by atoms with Gasteiger partial charge >= 0.3 is 0 Å². The zero-order chi connectivity index (χ0) is 15.4. The molecule has 1 fully saturated rings. The van der Waals surface area contributed by atoms with Crippen LogP contribution in [0, 0.1) is 17.0 Å². The molecule has 1 aliphatic carbocycles. The highest BCUT2D eigenvalue weighted by Gasteiger charge is 2.43. The van der Waals surface area contributed by atoms with Crippen LogP contribution in [0.25, 0.3) is 0 Å². The Labute approximate surface area is 122 Å². The van der Waals surface area contributed by atoms with Crippen molar-refractivity contribution < 1.29 is 24.2 Å². The summed E-state index contributed by atoms with van der Waals surface area (Å²) in [5, 5.41) is 20.6. The molecule has 3 unspecified atom stereocenters. The molecule has 7 nitrogen and oxygen atoms in total. The Kier molecular flexibility index (Phi) is 5.11. The topological polar surface area (TPSA) is 91.1 Å². The lowest BCUT2D eigenvalue weighted by atomic mass is 9.88. The normalized spacial score (nSPS) is 24.4. The third-order valence-corrected chi connectivity index (χ3v) is 3.55. The molecule has 0 radical (unpaired) electrons. The van der Waals surface area contributed by atoms with Gasteiger partial charge in [0.2, 0.25) is 0 Å². The van der Waals surface area contributed by atoms with E-state index in [1.807, 2.05) is 0 Å². The van der Waals surface area contributed by atoms with Crippen molar-refractivity contribution in [1.82, 2.24) is 0 Å². The SMILES string of the molecule is COCCOC1C(O)CC1Oc1cccc([N+](=O)[O-])c1C. The second-order valence-corrected chi connectivity index (χ2v) is 4.94. The highest BCUT2D eigenvalue weighted by Crippen LogP contribution is 2.33. The second-order valence-electron chi connectivity index (χ2n) is 4.94. The van der Waals surface area contributed by atoms with Gasteiger partial charge in [-0.3, -0.25) is 10.1 Å². The molecule has 3 atom stereocenters. The van der Waals surface area contributed by atoms with Crippen LogP contribution >= 0.6 is 0 Å². The summed E-state index contributed by atoms with van der Waals surface area (Å²) in [6, 6.07) is 4.69. The molecule has 7 heteroatoms. The Morgan fingerprint density at radius 2 is 2.19 bits per heavy atom. The van der Waals surface area contributed by atoms with Gasteiger partial charge in [-0.25, -0.2) is 0 Å². The first kappa shape index (κ1) is 15.7. The quantitative estimate of drug-likeness (QED) is 0.465. The van der Waals surface area contributed by atoms with Crippen LogP contribution in [0.4, 0.5) is 5.69 Å². The Hall–Kier alpha value is -1.70. The summed E-state index contributed by atoms with van der Waals surface area (Å²) < 4.78 is 16.1. The maximum atomic E-state index is 10.9. The number of rotatable bonds is 7. The first-order valence-electron chi connectivity index (χ1n) is 6.74. The van der Waals surface area contributed by atoms with E-state index in [0.717, 1.165) is 0 Å². The van der Waals surface area contributed by atoms with Crippen molar-refractivity contribution in [3.05, 3.63) is 33.9 Å². The van der Waals surface area contributed by atoms with Crippen molar-refractivity contribution in [2.75, 3.05) is 20.3 Å². The monoisotopic (exact) mass is 297 g/mol. The molecule has 1 N–H and O–H groups in total. The van der Waals surface area contributed by atoms with Gasteiger partial charge in [0.25, 0.3) is 5.69 Å². The van der Waals surface area contributed by atoms with Gasteiger partial charge in [-0.05, 0) is 13.0 Å². The smallest absolute Gasteiger partial charge is 0.276 e. The fourth-order valence-electron chi connectivity index (χ4n) is 2.25. The summed E-state index contributed by atoms with van der Waals surface area (Å²) in [4.78, 5) is 10.5. The fourth-order valence-corrected chi connectivity index (χ4v) is 2.25. The Morgan fingerprint density at radius 1 is 1.43 bits per heavy atom. The van der Waals surface area contributed by atoms with Gasteiger partial charge in [0, 0.05) is 19.6 Å². The molecule has 2 rings (SSSR count). The summed E-state index contributed by atoms with van der Waals surface area (Å²) in [6.45, 7) is 2.45. The Balaban J connectivity index is 2.01. The number of nitrogens with zero attached hydrogens (tertiary/aromatic N) is 1. The van der Waals surface area contributed by atoms with E-state index < -0.39 is 17.1 Å². The van der Waals surface area contributed by atoms with Crippen LogP contribution in [-0.4, -0.2) is 48.7 Å². The van der Waals surface area contributed by atoms with Crippen LogP contribution in [-0.2, 0) is 9.47 Å². The summed E-state index contributed by atoms with van der Waals surface area (Å²) in [5.41, 5.74) is 0.490. The van der Waals surface area contributed by atoms with Gasteiger partial charge in [0.1, 0.15) is 18.0 Å². The van der Waals surface area contributed by atoms with E-state index in [1.54, 1.807) is 26.2 Å². The van der Waals surface area contributed by atoms with E-state index >= 15 is 0 Å². The van der Waals surface area contributed by atoms with Gasteiger partial charge in [0.05, 0.1) is 29.8 Å². The third kappa shape index (κ3) is 3.49. The fraction of sp³-hybridized carbons (Fsp3) is 0.571. The minimum atomic E-state index is -0.578. The molecular formula is C14H19NO6. The molecule has 0 amide bonds. The maximum absolute atomic E-state index is 10.9. The number of benzene rings is 1. The summed E-state index contributed by atoms with van der Waals surface area (Å²) >= 11 is 0. The lowest BCUT2D eigenvalue weighted by molar-refractivity contribution is -0.385. The predicted octanol–water partition coefficient (Wildman–Crippen LogP) is 1.45. The molecule has 0 aromatic heterocycles. The van der Waals surface area contributed by atoms with Crippen LogP contribution < -0.4 is 4.74 Å². The summed E-state index contributed by atoms with van der Waals surface area (Å²) in [5.74, 6) is 0.446. The van der Waals surface area contributed by atoms with Crippen molar-refractivity contribution in [1.29, 1.82) is 0 Å². The van der Waals surface area contributed by atoms with Crippen molar-refractivity contribution in [3.8, 4) is 5.75 Å². The van der Waals surface area contributed by atoms with Crippen LogP contribution in [0.2, 0.25) is 0 Å². The number of nitro benzene ring substituents is 1. The van der Waals surface area contributed by atoms with Gasteiger partial charge in [-0.15, -0.1) is 0 Å². The van der Waals surface area contributed by atoms with Crippen LogP contribution in [0.5, 0.6) is 5.75 Å².